The van der Waals surface area contributed by atoms with E-state index in [1.807, 2.05) is 34.5 Å². The molecule has 1 N–H and O–H groups in total. The van der Waals surface area contributed by atoms with E-state index in [1.54, 1.807) is 12.4 Å². The molecule has 5 nitrogen and oxygen atoms in total. The molecule has 1 atom stereocenters. The zero-order valence-electron chi connectivity index (χ0n) is 13.3. The summed E-state index contributed by atoms with van der Waals surface area (Å²) < 4.78 is 0. The van der Waals surface area contributed by atoms with Gasteiger partial charge in [-0.3, -0.25) is 14.6 Å². The van der Waals surface area contributed by atoms with E-state index in [1.165, 1.54) is 11.3 Å². The third-order valence-electron chi connectivity index (χ3n) is 5.15. The molecule has 2 saturated heterocycles. The maximum absolute atomic E-state index is 12.5. The van der Waals surface area contributed by atoms with Gasteiger partial charge in [-0.2, -0.15) is 0 Å². The van der Waals surface area contributed by atoms with E-state index < -0.39 is 0 Å². The number of piperidine rings is 1. The lowest BCUT2D eigenvalue weighted by molar-refractivity contribution is -0.121. The zero-order valence-corrected chi connectivity index (χ0v) is 14.1. The fraction of sp³-hybridized carbons (Fsp3) is 0.389. The summed E-state index contributed by atoms with van der Waals surface area (Å²) in [6.07, 6.45) is 5.90. The molecule has 4 heterocycles. The molecule has 6 heteroatoms. The third kappa shape index (κ3) is 2.71. The first-order valence-corrected chi connectivity index (χ1v) is 9.10. The maximum atomic E-state index is 12.5. The normalized spacial score (nSPS) is 22.6. The van der Waals surface area contributed by atoms with Gasteiger partial charge in [0.15, 0.2) is 0 Å². The first-order chi connectivity index (χ1) is 11.7. The Labute approximate surface area is 144 Å². The molecule has 2 aliphatic rings. The van der Waals surface area contributed by atoms with Gasteiger partial charge in [0, 0.05) is 31.0 Å². The van der Waals surface area contributed by atoms with Crippen LogP contribution in [0.15, 0.2) is 42.0 Å². The smallest absolute Gasteiger partial charge is 0.263 e. The molecule has 124 valence electrons. The minimum atomic E-state index is -0.169. The van der Waals surface area contributed by atoms with E-state index in [9.17, 15) is 9.59 Å². The van der Waals surface area contributed by atoms with Gasteiger partial charge in [0.25, 0.3) is 5.91 Å². The van der Waals surface area contributed by atoms with Crippen LogP contribution in [-0.2, 0) is 4.79 Å². The first kappa shape index (κ1) is 15.3. The van der Waals surface area contributed by atoms with Gasteiger partial charge in [0.05, 0.1) is 10.8 Å². The lowest BCUT2D eigenvalue weighted by Crippen LogP contribution is -2.52. The van der Waals surface area contributed by atoms with Crippen LogP contribution in [0.5, 0.6) is 0 Å². The molecule has 1 unspecified atom stereocenters. The molecule has 1 spiro atoms. The van der Waals surface area contributed by atoms with E-state index >= 15 is 0 Å². The highest BCUT2D eigenvalue weighted by Gasteiger charge is 2.46. The molecule has 2 fully saturated rings. The third-order valence-corrected chi connectivity index (χ3v) is 6.01. The quantitative estimate of drug-likeness (QED) is 0.912. The van der Waals surface area contributed by atoms with Gasteiger partial charge in [0.2, 0.25) is 5.91 Å². The average Bonchev–Trinajstić information content (AvgIpc) is 3.25. The number of thiophene rings is 1. The van der Waals surface area contributed by atoms with Crippen molar-refractivity contribution in [1.29, 1.82) is 0 Å². The van der Waals surface area contributed by atoms with Crippen LogP contribution < -0.4 is 5.32 Å². The number of nitrogens with zero attached hydrogens (tertiary/aromatic N) is 2. The summed E-state index contributed by atoms with van der Waals surface area (Å²) >= 11 is 1.48. The van der Waals surface area contributed by atoms with Crippen molar-refractivity contribution in [2.45, 2.75) is 30.7 Å². The summed E-state index contributed by atoms with van der Waals surface area (Å²) in [7, 11) is 0. The van der Waals surface area contributed by atoms with Crippen LogP contribution in [0.2, 0.25) is 0 Å². The first-order valence-electron chi connectivity index (χ1n) is 8.22. The molecule has 0 aliphatic carbocycles. The zero-order chi connectivity index (χ0) is 16.6. The lowest BCUT2D eigenvalue weighted by atomic mass is 9.82. The number of aromatic nitrogens is 1. The summed E-state index contributed by atoms with van der Waals surface area (Å²) in [6.45, 7) is 1.39. The Morgan fingerprint density at radius 3 is 2.67 bits per heavy atom. The summed E-state index contributed by atoms with van der Waals surface area (Å²) in [5, 5.41) is 5.14. The van der Waals surface area contributed by atoms with E-state index in [4.69, 9.17) is 0 Å². The standard InChI is InChI=1S/C18H19N3O2S/c22-16-14(13-3-7-19-8-4-13)12-18(20-16)5-9-21(10-6-18)17(23)15-2-1-11-24-15/h1-4,7-8,11,14H,5-6,9-10,12H2,(H,20,22). The predicted molar refractivity (Wildman–Crippen MR) is 91.9 cm³/mol. The monoisotopic (exact) mass is 341 g/mol. The summed E-state index contributed by atoms with van der Waals surface area (Å²) in [4.78, 5) is 31.6. The number of nitrogens with one attached hydrogen (secondary N) is 1. The second-order valence-electron chi connectivity index (χ2n) is 6.58. The number of amides is 2. The fourth-order valence-electron chi connectivity index (χ4n) is 3.77. The molecular weight excluding hydrogens is 322 g/mol. The van der Waals surface area contributed by atoms with E-state index in [0.717, 1.165) is 29.7 Å². The molecule has 2 amide bonds. The molecule has 0 radical (unpaired) electrons. The number of carbonyl (C=O) groups is 2. The summed E-state index contributed by atoms with van der Waals surface area (Å²) in [5.74, 6) is 0.0987. The van der Waals surface area contributed by atoms with E-state index in [0.29, 0.717) is 13.1 Å². The molecule has 2 aromatic rings. The lowest BCUT2D eigenvalue weighted by Gasteiger charge is -2.39. The number of pyridine rings is 1. The Kier molecular flexibility index (Phi) is 3.84. The molecule has 0 bridgehead atoms. The maximum Gasteiger partial charge on any atom is 0.263 e. The van der Waals surface area contributed by atoms with Gasteiger partial charge in [-0.25, -0.2) is 0 Å². The van der Waals surface area contributed by atoms with E-state index in [-0.39, 0.29) is 23.3 Å². The van der Waals surface area contributed by atoms with Gasteiger partial charge in [0.1, 0.15) is 0 Å². The van der Waals surface area contributed by atoms with Crippen LogP contribution in [0.1, 0.15) is 40.4 Å². The Morgan fingerprint density at radius 1 is 1.25 bits per heavy atom. The molecule has 0 saturated carbocycles. The molecular formula is C18H19N3O2S. The minimum absolute atomic E-state index is 0.0965. The van der Waals surface area contributed by atoms with Crippen molar-refractivity contribution in [3.63, 3.8) is 0 Å². The van der Waals surface area contributed by atoms with Crippen molar-refractivity contribution in [3.8, 4) is 0 Å². The molecule has 0 aromatic carbocycles. The predicted octanol–water partition coefficient (Wildman–Crippen LogP) is 2.42. The van der Waals surface area contributed by atoms with Crippen LogP contribution in [-0.4, -0.2) is 40.3 Å². The van der Waals surface area contributed by atoms with Gasteiger partial charge in [-0.15, -0.1) is 11.3 Å². The van der Waals surface area contributed by atoms with Crippen LogP contribution in [0.25, 0.3) is 0 Å². The molecule has 2 aromatic heterocycles. The van der Waals surface area contributed by atoms with Gasteiger partial charge < -0.3 is 10.2 Å². The van der Waals surface area contributed by atoms with Crippen molar-refractivity contribution < 1.29 is 9.59 Å². The summed E-state index contributed by atoms with van der Waals surface area (Å²) in [5.41, 5.74) is 0.855. The fourth-order valence-corrected chi connectivity index (χ4v) is 4.46. The van der Waals surface area contributed by atoms with Crippen LogP contribution >= 0.6 is 11.3 Å². The molecule has 2 aliphatic heterocycles. The topological polar surface area (TPSA) is 62.3 Å². The Bertz CT molecular complexity index is 737. The van der Waals surface area contributed by atoms with Crippen LogP contribution in [0, 0.1) is 0 Å². The SMILES string of the molecule is O=C1NC2(CCN(C(=O)c3cccs3)CC2)CC1c1ccncc1. The second kappa shape index (κ2) is 6.02. The summed E-state index contributed by atoms with van der Waals surface area (Å²) in [6, 6.07) is 7.60. The van der Waals surface area contributed by atoms with Crippen molar-refractivity contribution in [2.24, 2.45) is 0 Å². The highest BCUT2D eigenvalue weighted by molar-refractivity contribution is 7.12. The molecule has 24 heavy (non-hydrogen) atoms. The Hall–Kier alpha value is -2.21. The minimum Gasteiger partial charge on any atom is -0.350 e. The van der Waals surface area contributed by atoms with Crippen molar-refractivity contribution in [3.05, 3.63) is 52.5 Å². The van der Waals surface area contributed by atoms with E-state index in [2.05, 4.69) is 10.3 Å². The Morgan fingerprint density at radius 2 is 2.00 bits per heavy atom. The van der Waals surface area contributed by atoms with Gasteiger partial charge in [-0.05, 0) is 48.4 Å². The number of hydrogen-bond donors (Lipinski definition) is 1. The number of carbonyl (C=O) groups excluding carboxylic acids is 2. The second-order valence-corrected chi connectivity index (χ2v) is 7.52. The number of likely N-dealkylation sites (tertiary alicyclic amines) is 1. The Balaban J connectivity index is 1.44. The van der Waals surface area contributed by atoms with Gasteiger partial charge >= 0.3 is 0 Å². The van der Waals surface area contributed by atoms with Crippen molar-refractivity contribution in [1.82, 2.24) is 15.2 Å². The highest BCUT2D eigenvalue weighted by Crippen LogP contribution is 2.39. The largest absolute Gasteiger partial charge is 0.350 e. The van der Waals surface area contributed by atoms with Crippen molar-refractivity contribution >= 4 is 23.2 Å². The van der Waals surface area contributed by atoms with Gasteiger partial charge in [-0.1, -0.05) is 6.07 Å². The van der Waals surface area contributed by atoms with Crippen molar-refractivity contribution in [2.75, 3.05) is 13.1 Å². The average molecular weight is 341 g/mol. The number of rotatable bonds is 2. The highest BCUT2D eigenvalue weighted by atomic mass is 32.1. The number of hydrogen-bond acceptors (Lipinski definition) is 4. The molecule has 4 rings (SSSR count). The van der Waals surface area contributed by atoms with Crippen LogP contribution in [0.4, 0.5) is 0 Å². The van der Waals surface area contributed by atoms with Crippen LogP contribution in [0.3, 0.4) is 0 Å².